The Morgan fingerprint density at radius 2 is 2.19 bits per heavy atom. The molecule has 2 nitrogen and oxygen atoms in total. The fourth-order valence-corrected chi connectivity index (χ4v) is 3.31. The summed E-state index contributed by atoms with van der Waals surface area (Å²) < 4.78 is 0. The molecular formula is C14H18N2. The number of aromatic amines is 1. The van der Waals surface area contributed by atoms with E-state index in [0.29, 0.717) is 5.41 Å². The van der Waals surface area contributed by atoms with Crippen molar-refractivity contribution in [1.82, 2.24) is 10.2 Å². The summed E-state index contributed by atoms with van der Waals surface area (Å²) in [4.78, 5) is 0. The predicted molar refractivity (Wildman–Crippen MR) is 66.8 cm³/mol. The van der Waals surface area contributed by atoms with E-state index >= 15 is 0 Å². The van der Waals surface area contributed by atoms with Gasteiger partial charge in [-0.05, 0) is 54.4 Å². The van der Waals surface area contributed by atoms with Gasteiger partial charge in [0.2, 0.25) is 0 Å². The minimum Gasteiger partial charge on any atom is -0.278 e. The van der Waals surface area contributed by atoms with Crippen LogP contribution in [0, 0.1) is 6.92 Å². The van der Waals surface area contributed by atoms with Crippen LogP contribution in [0.15, 0.2) is 12.3 Å². The number of benzene rings is 1. The number of aromatic nitrogens is 2. The third-order valence-corrected chi connectivity index (χ3v) is 4.01. The second-order valence-electron chi connectivity index (χ2n) is 5.60. The first-order chi connectivity index (χ1) is 7.59. The molecule has 0 atom stereocenters. The van der Waals surface area contributed by atoms with Gasteiger partial charge >= 0.3 is 0 Å². The molecule has 1 heterocycles. The van der Waals surface area contributed by atoms with Crippen LogP contribution in [0.4, 0.5) is 0 Å². The molecule has 3 rings (SSSR count). The predicted octanol–water partition coefficient (Wildman–Crippen LogP) is 3.49. The van der Waals surface area contributed by atoms with Gasteiger partial charge in [0.15, 0.2) is 0 Å². The SMILES string of the molecule is Cc1c2c(cc3[nH]ncc13)CCCC2(C)C. The molecule has 1 aromatic heterocycles. The number of hydrogen-bond donors (Lipinski definition) is 1. The van der Waals surface area contributed by atoms with Crippen LogP contribution < -0.4 is 0 Å². The molecule has 0 aliphatic heterocycles. The van der Waals surface area contributed by atoms with Crippen molar-refractivity contribution in [2.75, 3.05) is 0 Å². The molecular weight excluding hydrogens is 196 g/mol. The van der Waals surface area contributed by atoms with Gasteiger partial charge in [0.1, 0.15) is 0 Å². The smallest absolute Gasteiger partial charge is 0.0655 e. The summed E-state index contributed by atoms with van der Waals surface area (Å²) in [7, 11) is 0. The van der Waals surface area contributed by atoms with Gasteiger partial charge in [-0.15, -0.1) is 0 Å². The number of nitrogens with zero attached hydrogens (tertiary/aromatic N) is 1. The maximum atomic E-state index is 4.16. The number of fused-ring (bicyclic) bond motifs is 2. The molecule has 1 aliphatic carbocycles. The van der Waals surface area contributed by atoms with Gasteiger partial charge in [-0.3, -0.25) is 5.10 Å². The molecule has 1 aliphatic rings. The summed E-state index contributed by atoms with van der Waals surface area (Å²) in [5.74, 6) is 0. The van der Waals surface area contributed by atoms with Crippen molar-refractivity contribution in [3.05, 3.63) is 29.0 Å². The van der Waals surface area contributed by atoms with Crippen molar-refractivity contribution < 1.29 is 0 Å². The van der Waals surface area contributed by atoms with Crippen molar-refractivity contribution >= 4 is 10.9 Å². The largest absolute Gasteiger partial charge is 0.278 e. The third-order valence-electron chi connectivity index (χ3n) is 4.01. The Morgan fingerprint density at radius 1 is 1.38 bits per heavy atom. The van der Waals surface area contributed by atoms with E-state index in [1.165, 1.54) is 41.3 Å². The van der Waals surface area contributed by atoms with E-state index in [1.54, 1.807) is 5.56 Å². The first-order valence-corrected chi connectivity index (χ1v) is 6.05. The Morgan fingerprint density at radius 3 is 3.00 bits per heavy atom. The van der Waals surface area contributed by atoms with Crippen LogP contribution in [0.2, 0.25) is 0 Å². The Balaban J connectivity index is 2.39. The van der Waals surface area contributed by atoms with Crippen molar-refractivity contribution in [2.45, 2.75) is 45.4 Å². The van der Waals surface area contributed by atoms with Crippen LogP contribution in [0.25, 0.3) is 10.9 Å². The topological polar surface area (TPSA) is 28.7 Å². The maximum absolute atomic E-state index is 4.16. The van der Waals surface area contributed by atoms with Crippen LogP contribution in [0.1, 0.15) is 43.4 Å². The average Bonchev–Trinajstić information content (AvgIpc) is 2.64. The van der Waals surface area contributed by atoms with E-state index in [1.807, 2.05) is 6.20 Å². The molecule has 0 saturated carbocycles. The molecule has 0 radical (unpaired) electrons. The molecule has 0 amide bonds. The number of hydrogen-bond acceptors (Lipinski definition) is 1. The lowest BCUT2D eigenvalue weighted by Gasteiger charge is -2.34. The Bertz CT molecular complexity index is 549. The second-order valence-corrected chi connectivity index (χ2v) is 5.60. The Hall–Kier alpha value is -1.31. The number of rotatable bonds is 0. The van der Waals surface area contributed by atoms with Crippen LogP contribution >= 0.6 is 0 Å². The van der Waals surface area contributed by atoms with Crippen molar-refractivity contribution in [3.63, 3.8) is 0 Å². The zero-order chi connectivity index (χ0) is 11.3. The average molecular weight is 214 g/mol. The van der Waals surface area contributed by atoms with E-state index < -0.39 is 0 Å². The number of H-pyrrole nitrogens is 1. The third kappa shape index (κ3) is 1.22. The van der Waals surface area contributed by atoms with Gasteiger partial charge in [0.05, 0.1) is 11.7 Å². The van der Waals surface area contributed by atoms with Crippen LogP contribution in [-0.2, 0) is 11.8 Å². The Labute approximate surface area is 96.1 Å². The van der Waals surface area contributed by atoms with Crippen molar-refractivity contribution in [1.29, 1.82) is 0 Å². The number of nitrogens with one attached hydrogen (secondary N) is 1. The maximum Gasteiger partial charge on any atom is 0.0655 e. The molecule has 0 spiro atoms. The summed E-state index contributed by atoms with van der Waals surface area (Å²) in [5.41, 5.74) is 6.02. The molecule has 0 fully saturated rings. The Kier molecular flexibility index (Phi) is 1.91. The molecule has 84 valence electrons. The summed E-state index contributed by atoms with van der Waals surface area (Å²) in [5, 5.41) is 8.53. The fourth-order valence-electron chi connectivity index (χ4n) is 3.31. The van der Waals surface area contributed by atoms with Crippen LogP contribution in [0.5, 0.6) is 0 Å². The first-order valence-electron chi connectivity index (χ1n) is 6.05. The molecule has 0 bridgehead atoms. The molecule has 2 aromatic rings. The lowest BCUT2D eigenvalue weighted by atomic mass is 9.70. The molecule has 1 N–H and O–H groups in total. The normalized spacial score (nSPS) is 18.7. The lowest BCUT2D eigenvalue weighted by molar-refractivity contribution is 0.430. The molecule has 0 saturated heterocycles. The van der Waals surface area contributed by atoms with Gasteiger partial charge in [0, 0.05) is 5.39 Å². The lowest BCUT2D eigenvalue weighted by Crippen LogP contribution is -2.25. The zero-order valence-corrected chi connectivity index (χ0v) is 10.2. The second kappa shape index (κ2) is 3.09. The quantitative estimate of drug-likeness (QED) is 0.714. The van der Waals surface area contributed by atoms with Gasteiger partial charge in [0.25, 0.3) is 0 Å². The molecule has 1 aromatic carbocycles. The molecule has 0 unspecified atom stereocenters. The highest BCUT2D eigenvalue weighted by atomic mass is 15.1. The van der Waals surface area contributed by atoms with E-state index in [4.69, 9.17) is 0 Å². The standard InChI is InChI=1S/C14H18N2/c1-9-11-8-15-16-12(11)7-10-5-4-6-14(2,3)13(9)10/h7-8H,4-6H2,1-3H3,(H,15,16). The van der Waals surface area contributed by atoms with E-state index in [2.05, 4.69) is 37.0 Å². The molecule has 2 heteroatoms. The highest BCUT2D eigenvalue weighted by molar-refractivity contribution is 5.84. The minimum absolute atomic E-state index is 0.323. The monoisotopic (exact) mass is 214 g/mol. The zero-order valence-electron chi connectivity index (χ0n) is 10.2. The van der Waals surface area contributed by atoms with Crippen molar-refractivity contribution in [3.8, 4) is 0 Å². The van der Waals surface area contributed by atoms with Crippen LogP contribution in [-0.4, -0.2) is 10.2 Å². The summed E-state index contributed by atoms with van der Waals surface area (Å²) in [6, 6.07) is 2.30. The van der Waals surface area contributed by atoms with Gasteiger partial charge < -0.3 is 0 Å². The first kappa shape index (κ1) is 9.88. The van der Waals surface area contributed by atoms with Gasteiger partial charge in [-0.25, -0.2) is 0 Å². The van der Waals surface area contributed by atoms with Crippen molar-refractivity contribution in [2.24, 2.45) is 0 Å². The summed E-state index contributed by atoms with van der Waals surface area (Å²) in [6.07, 6.45) is 5.77. The highest BCUT2D eigenvalue weighted by Crippen LogP contribution is 2.40. The van der Waals surface area contributed by atoms with Crippen LogP contribution in [0.3, 0.4) is 0 Å². The molecule has 16 heavy (non-hydrogen) atoms. The summed E-state index contributed by atoms with van der Waals surface area (Å²) in [6.45, 7) is 6.97. The van der Waals surface area contributed by atoms with Gasteiger partial charge in [-0.1, -0.05) is 13.8 Å². The number of aryl methyl sites for hydroxylation is 2. The van der Waals surface area contributed by atoms with E-state index in [0.717, 1.165) is 0 Å². The summed E-state index contributed by atoms with van der Waals surface area (Å²) >= 11 is 0. The van der Waals surface area contributed by atoms with E-state index in [-0.39, 0.29) is 0 Å². The minimum atomic E-state index is 0.323. The highest BCUT2D eigenvalue weighted by Gasteiger charge is 2.29. The van der Waals surface area contributed by atoms with Gasteiger partial charge in [-0.2, -0.15) is 5.10 Å². The fraction of sp³-hybridized carbons (Fsp3) is 0.500. The van der Waals surface area contributed by atoms with E-state index in [9.17, 15) is 0 Å².